The Hall–Kier alpha value is -2.92. The first-order valence-electron chi connectivity index (χ1n) is 9.47. The van der Waals surface area contributed by atoms with E-state index < -0.39 is 0 Å². The molecule has 0 unspecified atom stereocenters. The molecule has 1 aromatic heterocycles. The first kappa shape index (κ1) is 18.4. The second kappa shape index (κ2) is 8.40. The highest BCUT2D eigenvalue weighted by molar-refractivity contribution is 6.34. The van der Waals surface area contributed by atoms with Crippen molar-refractivity contribution in [3.8, 4) is 11.4 Å². The normalized spacial score (nSPS) is 13.9. The van der Waals surface area contributed by atoms with Gasteiger partial charge in [-0.05, 0) is 42.7 Å². The van der Waals surface area contributed by atoms with Crippen LogP contribution in [0.2, 0.25) is 5.02 Å². The van der Waals surface area contributed by atoms with Crippen molar-refractivity contribution in [1.29, 1.82) is 0 Å². The van der Waals surface area contributed by atoms with E-state index in [0.29, 0.717) is 10.7 Å². The van der Waals surface area contributed by atoms with Crippen LogP contribution in [0.3, 0.4) is 0 Å². The van der Waals surface area contributed by atoms with Crippen molar-refractivity contribution in [2.24, 2.45) is 0 Å². The number of carbonyl (C=O) groups excluding carboxylic acids is 1. The predicted molar refractivity (Wildman–Crippen MR) is 112 cm³/mol. The van der Waals surface area contributed by atoms with Crippen LogP contribution in [0.25, 0.3) is 17.5 Å². The van der Waals surface area contributed by atoms with Gasteiger partial charge >= 0.3 is 0 Å². The number of halogens is 1. The van der Waals surface area contributed by atoms with Crippen molar-refractivity contribution in [2.75, 3.05) is 5.32 Å². The number of aromatic nitrogens is 3. The zero-order valence-corrected chi connectivity index (χ0v) is 16.2. The van der Waals surface area contributed by atoms with Gasteiger partial charge in [0.2, 0.25) is 5.91 Å². The van der Waals surface area contributed by atoms with Gasteiger partial charge in [0.15, 0.2) is 5.82 Å². The van der Waals surface area contributed by atoms with Crippen molar-refractivity contribution in [2.45, 2.75) is 32.2 Å². The van der Waals surface area contributed by atoms with E-state index in [1.807, 2.05) is 42.5 Å². The highest BCUT2D eigenvalue weighted by Gasteiger charge is 2.17. The summed E-state index contributed by atoms with van der Waals surface area (Å²) < 4.78 is 2.18. The van der Waals surface area contributed by atoms with E-state index in [4.69, 9.17) is 11.6 Å². The Kier molecular flexibility index (Phi) is 5.53. The Balaban J connectivity index is 1.55. The quantitative estimate of drug-likeness (QED) is 0.637. The first-order chi connectivity index (χ1) is 13.7. The summed E-state index contributed by atoms with van der Waals surface area (Å²) in [6, 6.07) is 15.2. The maximum atomic E-state index is 12.3. The van der Waals surface area contributed by atoms with E-state index in [2.05, 4.69) is 20.1 Å². The second-order valence-corrected chi connectivity index (χ2v) is 7.24. The van der Waals surface area contributed by atoms with Gasteiger partial charge in [-0.2, -0.15) is 0 Å². The monoisotopic (exact) mass is 392 g/mol. The molecule has 0 fully saturated rings. The third kappa shape index (κ3) is 4.15. The van der Waals surface area contributed by atoms with Crippen LogP contribution in [0.5, 0.6) is 0 Å². The number of hydrogen-bond donors (Lipinski definition) is 1. The largest absolute Gasteiger partial charge is 0.321 e. The minimum Gasteiger partial charge on any atom is -0.321 e. The van der Waals surface area contributed by atoms with Gasteiger partial charge in [-0.25, -0.2) is 0 Å². The van der Waals surface area contributed by atoms with Gasteiger partial charge in [-0.3, -0.25) is 4.79 Å². The number of amides is 1. The first-order valence-corrected chi connectivity index (χ1v) is 9.84. The van der Waals surface area contributed by atoms with Crippen LogP contribution in [0, 0.1) is 0 Å². The van der Waals surface area contributed by atoms with Gasteiger partial charge in [0.1, 0.15) is 5.82 Å². The number of nitrogens with zero attached hydrogens (tertiary/aromatic N) is 3. The molecule has 1 aliphatic heterocycles. The molecule has 2 aromatic carbocycles. The molecule has 0 aliphatic carbocycles. The molecule has 0 radical (unpaired) electrons. The molecule has 1 N–H and O–H groups in total. The third-order valence-electron chi connectivity index (χ3n) is 4.82. The maximum absolute atomic E-state index is 12.3. The fourth-order valence-electron chi connectivity index (χ4n) is 3.37. The van der Waals surface area contributed by atoms with E-state index in [0.717, 1.165) is 48.6 Å². The minimum absolute atomic E-state index is 0.233. The van der Waals surface area contributed by atoms with E-state index in [9.17, 15) is 4.79 Å². The smallest absolute Gasteiger partial charge is 0.248 e. The SMILES string of the molecule is O=C(/C=C/c1ccccc1)Nc1cc(-c2nnc3n2CCCCC3)ccc1Cl. The Labute approximate surface area is 169 Å². The van der Waals surface area contributed by atoms with E-state index in [1.165, 1.54) is 12.5 Å². The highest BCUT2D eigenvalue weighted by atomic mass is 35.5. The van der Waals surface area contributed by atoms with Gasteiger partial charge in [0, 0.05) is 24.6 Å². The van der Waals surface area contributed by atoms with Crippen LogP contribution in [0.15, 0.2) is 54.6 Å². The van der Waals surface area contributed by atoms with Crippen LogP contribution in [-0.2, 0) is 17.8 Å². The van der Waals surface area contributed by atoms with Crippen molar-refractivity contribution in [3.05, 3.63) is 71.0 Å². The lowest BCUT2D eigenvalue weighted by molar-refractivity contribution is -0.111. The average molecular weight is 393 g/mol. The van der Waals surface area contributed by atoms with Crippen LogP contribution in [0.1, 0.15) is 30.7 Å². The standard InChI is InChI=1S/C22H21ClN4O/c23-18-12-11-17(22-26-25-20-9-5-2-6-14-27(20)22)15-19(18)24-21(28)13-10-16-7-3-1-4-8-16/h1,3-4,7-8,10-13,15H,2,5-6,9,14H2,(H,24,28)/b13-10+. The summed E-state index contributed by atoms with van der Waals surface area (Å²) in [6.45, 7) is 0.918. The molecule has 0 saturated heterocycles. The summed E-state index contributed by atoms with van der Waals surface area (Å²) in [6.07, 6.45) is 7.70. The molecule has 28 heavy (non-hydrogen) atoms. The number of benzene rings is 2. The Bertz CT molecular complexity index is 1010. The van der Waals surface area contributed by atoms with Crippen molar-refractivity contribution >= 4 is 29.3 Å². The molecule has 0 saturated carbocycles. The minimum atomic E-state index is -0.233. The predicted octanol–water partition coefficient (Wildman–Crippen LogP) is 4.98. The molecule has 3 aromatic rings. The Morgan fingerprint density at radius 2 is 1.93 bits per heavy atom. The lowest BCUT2D eigenvalue weighted by atomic mass is 10.1. The molecule has 4 rings (SSSR count). The number of rotatable bonds is 4. The van der Waals surface area contributed by atoms with E-state index >= 15 is 0 Å². The van der Waals surface area contributed by atoms with Gasteiger partial charge in [-0.15, -0.1) is 10.2 Å². The number of aryl methyl sites for hydroxylation is 1. The molecule has 0 bridgehead atoms. The average Bonchev–Trinajstić information content (AvgIpc) is 2.97. The summed E-state index contributed by atoms with van der Waals surface area (Å²) in [5, 5.41) is 12.1. The Morgan fingerprint density at radius 3 is 2.79 bits per heavy atom. The zero-order chi connectivity index (χ0) is 19.3. The zero-order valence-electron chi connectivity index (χ0n) is 15.4. The molecule has 2 heterocycles. The van der Waals surface area contributed by atoms with Crippen molar-refractivity contribution in [3.63, 3.8) is 0 Å². The number of fused-ring (bicyclic) bond motifs is 1. The number of hydrogen-bond acceptors (Lipinski definition) is 3. The summed E-state index contributed by atoms with van der Waals surface area (Å²) in [5.41, 5.74) is 2.42. The number of nitrogens with one attached hydrogen (secondary N) is 1. The summed E-state index contributed by atoms with van der Waals surface area (Å²) in [5.74, 6) is 1.62. The molecule has 0 spiro atoms. The summed E-state index contributed by atoms with van der Waals surface area (Å²) in [7, 11) is 0. The molecule has 1 amide bonds. The van der Waals surface area contributed by atoms with E-state index in [1.54, 1.807) is 12.1 Å². The fraction of sp³-hybridized carbons (Fsp3) is 0.227. The lowest BCUT2D eigenvalue weighted by Crippen LogP contribution is -2.09. The van der Waals surface area contributed by atoms with Crippen LogP contribution < -0.4 is 5.32 Å². The molecular weight excluding hydrogens is 372 g/mol. The topological polar surface area (TPSA) is 59.8 Å². The van der Waals surface area contributed by atoms with Gasteiger partial charge < -0.3 is 9.88 Å². The highest BCUT2D eigenvalue weighted by Crippen LogP contribution is 2.29. The van der Waals surface area contributed by atoms with Gasteiger partial charge in [0.05, 0.1) is 10.7 Å². The Morgan fingerprint density at radius 1 is 1.07 bits per heavy atom. The van der Waals surface area contributed by atoms with Crippen molar-refractivity contribution < 1.29 is 4.79 Å². The molecular formula is C22H21ClN4O. The molecule has 6 heteroatoms. The lowest BCUT2D eigenvalue weighted by Gasteiger charge is -2.10. The van der Waals surface area contributed by atoms with Gasteiger partial charge in [0.25, 0.3) is 0 Å². The van der Waals surface area contributed by atoms with Crippen molar-refractivity contribution in [1.82, 2.24) is 14.8 Å². The third-order valence-corrected chi connectivity index (χ3v) is 5.15. The van der Waals surface area contributed by atoms with Gasteiger partial charge in [-0.1, -0.05) is 48.4 Å². The van der Waals surface area contributed by atoms with Crippen LogP contribution in [0.4, 0.5) is 5.69 Å². The number of anilines is 1. The van der Waals surface area contributed by atoms with E-state index in [-0.39, 0.29) is 5.91 Å². The maximum Gasteiger partial charge on any atom is 0.248 e. The number of carbonyl (C=O) groups is 1. The van der Waals surface area contributed by atoms with Crippen LogP contribution >= 0.6 is 11.6 Å². The van der Waals surface area contributed by atoms with Crippen LogP contribution in [-0.4, -0.2) is 20.7 Å². The molecule has 5 nitrogen and oxygen atoms in total. The summed E-state index contributed by atoms with van der Waals surface area (Å²) >= 11 is 6.31. The molecule has 142 valence electrons. The molecule has 1 aliphatic rings. The summed E-state index contributed by atoms with van der Waals surface area (Å²) in [4.78, 5) is 12.3. The second-order valence-electron chi connectivity index (χ2n) is 6.83. The fourth-order valence-corrected chi connectivity index (χ4v) is 3.53. The molecule has 0 atom stereocenters.